The van der Waals surface area contributed by atoms with Gasteiger partial charge in [0.1, 0.15) is 0 Å². The molecule has 0 fully saturated rings. The molecule has 1 amide bonds. The number of fused-ring (bicyclic) bond motifs is 1. The molecule has 1 aromatic heterocycles. The number of carbonyl (C=O) groups excluding carboxylic acids is 1. The lowest BCUT2D eigenvalue weighted by molar-refractivity contribution is -0.133. The quantitative estimate of drug-likeness (QED) is 0.585. The maximum absolute atomic E-state index is 13.2. The molecule has 0 bridgehead atoms. The second-order valence-corrected chi connectivity index (χ2v) is 8.13. The lowest BCUT2D eigenvalue weighted by Gasteiger charge is -2.37. The number of ether oxygens (including phenoxy) is 2. The summed E-state index contributed by atoms with van der Waals surface area (Å²) in [5, 5.41) is 2.07. The number of hydrogen-bond acceptors (Lipinski definition) is 4. The first-order valence-electron chi connectivity index (χ1n) is 9.83. The number of methoxy groups -OCH3 is 2. The zero-order chi connectivity index (χ0) is 20.2. The van der Waals surface area contributed by atoms with Crippen molar-refractivity contribution in [1.29, 1.82) is 0 Å². The van der Waals surface area contributed by atoms with Gasteiger partial charge in [-0.05, 0) is 53.1 Å². The SMILES string of the molecule is COc1cc2c(cc1OC)[C@H](c1cccs1)N(C(=O)CCc1ccccc1)CC2. The topological polar surface area (TPSA) is 38.8 Å². The van der Waals surface area contributed by atoms with Crippen molar-refractivity contribution in [1.82, 2.24) is 4.90 Å². The summed E-state index contributed by atoms with van der Waals surface area (Å²) >= 11 is 1.69. The largest absolute Gasteiger partial charge is 0.493 e. The Labute approximate surface area is 175 Å². The third kappa shape index (κ3) is 4.01. The summed E-state index contributed by atoms with van der Waals surface area (Å²) < 4.78 is 11.0. The predicted molar refractivity (Wildman–Crippen MR) is 116 cm³/mol. The second kappa shape index (κ2) is 8.70. The molecule has 2 aromatic carbocycles. The van der Waals surface area contributed by atoms with E-state index in [4.69, 9.17) is 9.47 Å². The van der Waals surface area contributed by atoms with Crippen LogP contribution in [0.15, 0.2) is 60.0 Å². The van der Waals surface area contributed by atoms with E-state index in [-0.39, 0.29) is 11.9 Å². The van der Waals surface area contributed by atoms with Crippen molar-refractivity contribution in [2.75, 3.05) is 20.8 Å². The van der Waals surface area contributed by atoms with Crippen LogP contribution < -0.4 is 9.47 Å². The van der Waals surface area contributed by atoms with Gasteiger partial charge in [-0.2, -0.15) is 0 Å². The number of nitrogens with zero attached hydrogens (tertiary/aromatic N) is 1. The van der Waals surface area contributed by atoms with Gasteiger partial charge in [-0.25, -0.2) is 0 Å². The van der Waals surface area contributed by atoms with Crippen LogP contribution in [0.25, 0.3) is 0 Å². The zero-order valence-corrected chi connectivity index (χ0v) is 17.6. The average molecular weight is 408 g/mol. The van der Waals surface area contributed by atoms with Crippen LogP contribution in [0.4, 0.5) is 0 Å². The summed E-state index contributed by atoms with van der Waals surface area (Å²) in [4.78, 5) is 16.4. The van der Waals surface area contributed by atoms with Gasteiger partial charge in [0.25, 0.3) is 0 Å². The van der Waals surface area contributed by atoms with Crippen LogP contribution in [0.1, 0.15) is 34.0 Å². The van der Waals surface area contributed by atoms with Crippen LogP contribution >= 0.6 is 11.3 Å². The number of amides is 1. The van der Waals surface area contributed by atoms with Crippen LogP contribution in [0.5, 0.6) is 11.5 Å². The van der Waals surface area contributed by atoms with Gasteiger partial charge in [-0.15, -0.1) is 11.3 Å². The second-order valence-electron chi connectivity index (χ2n) is 7.15. The monoisotopic (exact) mass is 407 g/mol. The van der Waals surface area contributed by atoms with E-state index in [1.54, 1.807) is 25.6 Å². The molecule has 2 heterocycles. The molecule has 0 N–H and O–H groups in total. The molecule has 4 nitrogen and oxygen atoms in total. The molecule has 0 saturated heterocycles. The number of hydrogen-bond donors (Lipinski definition) is 0. The normalized spacial score (nSPS) is 15.7. The third-order valence-electron chi connectivity index (χ3n) is 5.48. The molecule has 0 aliphatic carbocycles. The van der Waals surface area contributed by atoms with E-state index in [0.29, 0.717) is 18.7 Å². The molecule has 150 valence electrons. The lowest BCUT2D eigenvalue weighted by Crippen LogP contribution is -2.40. The Hall–Kier alpha value is -2.79. The molecule has 3 aromatic rings. The Morgan fingerprint density at radius 1 is 1.07 bits per heavy atom. The highest BCUT2D eigenvalue weighted by molar-refractivity contribution is 7.10. The standard InChI is InChI=1S/C24H25NO3S/c1-27-20-15-18-12-13-25(23(26)11-10-17-7-4-3-5-8-17)24(22-9-6-14-29-22)19(18)16-21(20)28-2/h3-9,14-16,24H,10-13H2,1-2H3/t24-/m1/s1. The van der Waals surface area contributed by atoms with Gasteiger partial charge in [-0.1, -0.05) is 36.4 Å². The van der Waals surface area contributed by atoms with Gasteiger partial charge < -0.3 is 14.4 Å². The van der Waals surface area contributed by atoms with Crippen LogP contribution in [0, 0.1) is 0 Å². The number of thiophene rings is 1. The van der Waals surface area contributed by atoms with Crippen LogP contribution in [0.2, 0.25) is 0 Å². The molecule has 1 aliphatic rings. The highest BCUT2D eigenvalue weighted by Gasteiger charge is 2.33. The van der Waals surface area contributed by atoms with Crippen molar-refractivity contribution >= 4 is 17.2 Å². The maximum Gasteiger partial charge on any atom is 0.223 e. The Morgan fingerprint density at radius 2 is 1.83 bits per heavy atom. The minimum absolute atomic E-state index is 0.0816. The number of carbonyl (C=O) groups is 1. The fraction of sp³-hybridized carbons (Fsp3) is 0.292. The van der Waals surface area contributed by atoms with Gasteiger partial charge in [0.05, 0.1) is 20.3 Å². The molecule has 1 aliphatic heterocycles. The first-order chi connectivity index (χ1) is 14.2. The number of benzene rings is 2. The minimum atomic E-state index is -0.0816. The van der Waals surface area contributed by atoms with E-state index in [1.165, 1.54) is 16.0 Å². The van der Waals surface area contributed by atoms with Crippen LogP contribution in [0.3, 0.4) is 0 Å². The van der Waals surface area contributed by atoms with E-state index in [1.807, 2.05) is 35.2 Å². The molecule has 0 unspecified atom stereocenters. The van der Waals surface area contributed by atoms with Crippen molar-refractivity contribution < 1.29 is 14.3 Å². The van der Waals surface area contributed by atoms with Crippen molar-refractivity contribution in [3.05, 3.63) is 81.5 Å². The first kappa shape index (κ1) is 19.5. The van der Waals surface area contributed by atoms with Crippen molar-refractivity contribution in [2.24, 2.45) is 0 Å². The van der Waals surface area contributed by atoms with E-state index >= 15 is 0 Å². The van der Waals surface area contributed by atoms with Crippen molar-refractivity contribution in [3.8, 4) is 11.5 Å². The van der Waals surface area contributed by atoms with Gasteiger partial charge in [0.2, 0.25) is 5.91 Å². The summed E-state index contributed by atoms with van der Waals surface area (Å²) in [6.45, 7) is 0.707. The highest BCUT2D eigenvalue weighted by Crippen LogP contribution is 2.42. The highest BCUT2D eigenvalue weighted by atomic mass is 32.1. The van der Waals surface area contributed by atoms with E-state index in [2.05, 4.69) is 29.6 Å². The Kier molecular flexibility index (Phi) is 5.86. The smallest absolute Gasteiger partial charge is 0.223 e. The Bertz CT molecular complexity index is 969. The zero-order valence-electron chi connectivity index (χ0n) is 16.8. The molecule has 4 rings (SSSR count). The number of aryl methyl sites for hydroxylation is 1. The fourth-order valence-corrected chi connectivity index (χ4v) is 4.86. The third-order valence-corrected chi connectivity index (χ3v) is 6.40. The summed E-state index contributed by atoms with van der Waals surface area (Å²) in [6, 6.07) is 18.4. The Morgan fingerprint density at radius 3 is 2.52 bits per heavy atom. The Balaban J connectivity index is 1.65. The molecular weight excluding hydrogens is 382 g/mol. The van der Waals surface area contributed by atoms with E-state index in [0.717, 1.165) is 24.2 Å². The fourth-order valence-electron chi connectivity index (χ4n) is 4.01. The summed E-state index contributed by atoms with van der Waals surface area (Å²) in [5.74, 6) is 1.62. The molecule has 29 heavy (non-hydrogen) atoms. The van der Waals surface area contributed by atoms with Gasteiger partial charge in [-0.3, -0.25) is 4.79 Å². The molecule has 0 spiro atoms. The summed E-state index contributed by atoms with van der Waals surface area (Å²) in [5.41, 5.74) is 3.54. The minimum Gasteiger partial charge on any atom is -0.493 e. The average Bonchev–Trinajstić information content (AvgIpc) is 3.30. The number of rotatable bonds is 6. The van der Waals surface area contributed by atoms with Crippen molar-refractivity contribution in [3.63, 3.8) is 0 Å². The van der Waals surface area contributed by atoms with Gasteiger partial charge in [0, 0.05) is 17.8 Å². The lowest BCUT2D eigenvalue weighted by atomic mass is 9.90. The molecule has 5 heteroatoms. The molecular formula is C24H25NO3S. The predicted octanol–water partition coefficient (Wildman–Crippen LogP) is 4.87. The van der Waals surface area contributed by atoms with Gasteiger partial charge in [0.15, 0.2) is 11.5 Å². The molecule has 0 radical (unpaired) electrons. The molecule has 0 saturated carbocycles. The summed E-state index contributed by atoms with van der Waals surface area (Å²) in [7, 11) is 3.30. The van der Waals surface area contributed by atoms with Crippen LogP contribution in [-0.2, 0) is 17.6 Å². The van der Waals surface area contributed by atoms with E-state index in [9.17, 15) is 4.79 Å². The summed E-state index contributed by atoms with van der Waals surface area (Å²) in [6.07, 6.45) is 2.08. The van der Waals surface area contributed by atoms with Crippen LogP contribution in [-0.4, -0.2) is 31.6 Å². The van der Waals surface area contributed by atoms with E-state index < -0.39 is 0 Å². The van der Waals surface area contributed by atoms with Crippen molar-refractivity contribution in [2.45, 2.75) is 25.3 Å². The molecule has 1 atom stereocenters. The maximum atomic E-state index is 13.2. The first-order valence-corrected chi connectivity index (χ1v) is 10.7. The van der Waals surface area contributed by atoms with Gasteiger partial charge >= 0.3 is 0 Å².